The van der Waals surface area contributed by atoms with Crippen LogP contribution in [-0.2, 0) is 4.74 Å². The molecule has 1 rings (SSSR count). The summed E-state index contributed by atoms with van der Waals surface area (Å²) in [6.45, 7) is 7.13. The summed E-state index contributed by atoms with van der Waals surface area (Å²) in [5.74, 6) is 0.620. The van der Waals surface area contributed by atoms with Crippen molar-refractivity contribution in [3.8, 4) is 0 Å². The predicted octanol–water partition coefficient (Wildman–Crippen LogP) is 0.248. The second-order valence-corrected chi connectivity index (χ2v) is 3.37. The van der Waals surface area contributed by atoms with Crippen LogP contribution in [0.1, 0.15) is 6.92 Å². The number of rotatable bonds is 3. The molecule has 1 heterocycles. The van der Waals surface area contributed by atoms with Crippen molar-refractivity contribution in [2.45, 2.75) is 6.92 Å². The normalized spacial score (nSPS) is 19.1. The maximum absolute atomic E-state index is 7.73. The van der Waals surface area contributed by atoms with E-state index in [4.69, 9.17) is 10.1 Å². The van der Waals surface area contributed by atoms with Gasteiger partial charge in [0.25, 0.3) is 0 Å². The molecule has 1 aliphatic heterocycles. The van der Waals surface area contributed by atoms with Crippen molar-refractivity contribution < 1.29 is 4.74 Å². The van der Waals surface area contributed by atoms with Gasteiger partial charge in [0.1, 0.15) is 12.4 Å². The number of nitrogens with one attached hydrogen (secondary N) is 1. The summed E-state index contributed by atoms with van der Waals surface area (Å²) in [4.78, 5) is 4.38. The lowest BCUT2D eigenvalue weighted by molar-refractivity contribution is 0.162. The lowest BCUT2D eigenvalue weighted by atomic mass is 10.3. The molecule has 0 amide bonds. The second kappa shape index (κ2) is 5.19. The van der Waals surface area contributed by atoms with E-state index in [0.29, 0.717) is 19.0 Å². The Bertz CT molecular complexity index is 164. The minimum absolute atomic E-state index is 0.459. The van der Waals surface area contributed by atoms with Gasteiger partial charge in [0.15, 0.2) is 0 Å². The lowest BCUT2D eigenvalue weighted by Gasteiger charge is -2.33. The van der Waals surface area contributed by atoms with Crippen LogP contribution in [0.3, 0.4) is 0 Å². The van der Waals surface area contributed by atoms with Crippen LogP contribution in [0.5, 0.6) is 0 Å². The van der Waals surface area contributed by atoms with Gasteiger partial charge in [-0.2, -0.15) is 0 Å². The Morgan fingerprint density at radius 1 is 1.31 bits per heavy atom. The monoisotopic (exact) mass is 185 g/mol. The van der Waals surface area contributed by atoms with Gasteiger partial charge in [0.05, 0.1) is 0 Å². The largest absolute Gasteiger partial charge is 0.374 e. The molecule has 0 aromatic heterocycles. The summed E-state index contributed by atoms with van der Waals surface area (Å²) in [6.07, 6.45) is 0. The van der Waals surface area contributed by atoms with Gasteiger partial charge in [-0.1, -0.05) is 0 Å². The summed E-state index contributed by atoms with van der Waals surface area (Å²) in [6, 6.07) is 0. The first-order valence-electron chi connectivity index (χ1n) is 4.82. The van der Waals surface area contributed by atoms with E-state index in [9.17, 15) is 0 Å². The van der Waals surface area contributed by atoms with E-state index in [1.807, 2.05) is 6.92 Å². The van der Waals surface area contributed by atoms with E-state index in [1.165, 1.54) is 0 Å². The molecule has 0 unspecified atom stereocenters. The van der Waals surface area contributed by atoms with Gasteiger partial charge in [-0.15, -0.1) is 0 Å². The quantitative estimate of drug-likeness (QED) is 0.506. The molecule has 13 heavy (non-hydrogen) atoms. The zero-order valence-corrected chi connectivity index (χ0v) is 8.55. The Balaban J connectivity index is 2.23. The van der Waals surface area contributed by atoms with Gasteiger partial charge >= 0.3 is 0 Å². The lowest BCUT2D eigenvalue weighted by Crippen LogP contribution is -2.48. The van der Waals surface area contributed by atoms with Crippen molar-refractivity contribution in [1.29, 1.82) is 5.41 Å². The van der Waals surface area contributed by atoms with Crippen LogP contribution in [0.25, 0.3) is 0 Å². The number of likely N-dealkylation sites (N-methyl/N-ethyl adjacent to an activating group) is 1. The summed E-state index contributed by atoms with van der Waals surface area (Å²) in [5, 5.41) is 7.73. The minimum Gasteiger partial charge on any atom is -0.374 e. The molecule has 0 spiro atoms. The van der Waals surface area contributed by atoms with Crippen LogP contribution in [0, 0.1) is 5.41 Å². The summed E-state index contributed by atoms with van der Waals surface area (Å²) >= 11 is 0. The molecule has 0 saturated carbocycles. The van der Waals surface area contributed by atoms with E-state index in [2.05, 4.69) is 16.8 Å². The third-order valence-electron chi connectivity index (χ3n) is 2.33. The van der Waals surface area contributed by atoms with E-state index in [-0.39, 0.29) is 0 Å². The van der Waals surface area contributed by atoms with E-state index >= 15 is 0 Å². The molecule has 0 bridgehead atoms. The fourth-order valence-electron chi connectivity index (χ4n) is 1.37. The highest BCUT2D eigenvalue weighted by atomic mass is 16.5. The Hall–Kier alpha value is -0.610. The Morgan fingerprint density at radius 3 is 2.46 bits per heavy atom. The molecule has 1 fully saturated rings. The standard InChI is InChI=1S/C9H19N3O/c1-3-13-8-9(10)12-6-4-11(2)5-7-12/h10H,3-8H2,1-2H3. The zero-order valence-electron chi connectivity index (χ0n) is 8.55. The van der Waals surface area contributed by atoms with Crippen LogP contribution < -0.4 is 0 Å². The maximum Gasteiger partial charge on any atom is 0.122 e. The van der Waals surface area contributed by atoms with Crippen LogP contribution in [0.15, 0.2) is 0 Å². The third-order valence-corrected chi connectivity index (χ3v) is 2.33. The zero-order chi connectivity index (χ0) is 9.68. The summed E-state index contributed by atoms with van der Waals surface area (Å²) < 4.78 is 5.20. The van der Waals surface area contributed by atoms with Crippen LogP contribution >= 0.6 is 0 Å². The van der Waals surface area contributed by atoms with Gasteiger partial charge in [-0.25, -0.2) is 0 Å². The smallest absolute Gasteiger partial charge is 0.122 e. The van der Waals surface area contributed by atoms with Gasteiger partial charge in [0, 0.05) is 32.8 Å². The number of hydrogen-bond acceptors (Lipinski definition) is 3. The molecule has 0 aromatic rings. The number of amidine groups is 1. The van der Waals surface area contributed by atoms with Crippen molar-refractivity contribution in [3.05, 3.63) is 0 Å². The summed E-state index contributed by atoms with van der Waals surface area (Å²) in [7, 11) is 2.11. The van der Waals surface area contributed by atoms with Crippen molar-refractivity contribution in [3.63, 3.8) is 0 Å². The molecule has 0 atom stereocenters. The van der Waals surface area contributed by atoms with Crippen molar-refractivity contribution in [2.24, 2.45) is 0 Å². The van der Waals surface area contributed by atoms with Crippen molar-refractivity contribution in [1.82, 2.24) is 9.80 Å². The van der Waals surface area contributed by atoms with Gasteiger partial charge in [-0.3, -0.25) is 5.41 Å². The van der Waals surface area contributed by atoms with Crippen molar-refractivity contribution in [2.75, 3.05) is 46.4 Å². The molecule has 4 heteroatoms. The molecule has 0 aromatic carbocycles. The van der Waals surface area contributed by atoms with E-state index in [0.717, 1.165) is 26.2 Å². The van der Waals surface area contributed by atoms with Crippen molar-refractivity contribution >= 4 is 5.84 Å². The second-order valence-electron chi connectivity index (χ2n) is 3.37. The number of nitrogens with zero attached hydrogens (tertiary/aromatic N) is 2. The molecule has 1 N–H and O–H groups in total. The average Bonchev–Trinajstić information content (AvgIpc) is 2.15. The highest BCUT2D eigenvalue weighted by molar-refractivity contribution is 5.80. The first-order valence-corrected chi connectivity index (χ1v) is 4.82. The molecule has 0 radical (unpaired) electrons. The van der Waals surface area contributed by atoms with Crippen LogP contribution in [0.4, 0.5) is 0 Å². The number of ether oxygens (including phenoxy) is 1. The highest BCUT2D eigenvalue weighted by Crippen LogP contribution is 1.99. The van der Waals surface area contributed by atoms with Gasteiger partial charge in [-0.05, 0) is 14.0 Å². The van der Waals surface area contributed by atoms with E-state index < -0.39 is 0 Å². The fourth-order valence-corrected chi connectivity index (χ4v) is 1.37. The fraction of sp³-hybridized carbons (Fsp3) is 0.889. The van der Waals surface area contributed by atoms with Crippen LogP contribution in [0.2, 0.25) is 0 Å². The Morgan fingerprint density at radius 2 is 1.92 bits per heavy atom. The first-order chi connectivity index (χ1) is 6.24. The predicted molar refractivity (Wildman–Crippen MR) is 53.3 cm³/mol. The minimum atomic E-state index is 0.459. The molecule has 4 nitrogen and oxygen atoms in total. The first kappa shape index (κ1) is 10.5. The molecular formula is C9H19N3O. The third kappa shape index (κ3) is 3.32. The topological polar surface area (TPSA) is 39.6 Å². The Labute approximate surface area is 80.0 Å². The molecule has 1 saturated heterocycles. The molecular weight excluding hydrogens is 166 g/mol. The average molecular weight is 185 g/mol. The highest BCUT2D eigenvalue weighted by Gasteiger charge is 2.15. The van der Waals surface area contributed by atoms with Gasteiger partial charge < -0.3 is 14.5 Å². The molecule has 76 valence electrons. The van der Waals surface area contributed by atoms with Crippen LogP contribution in [-0.4, -0.2) is 62.1 Å². The SMILES string of the molecule is CCOCC(=N)N1CCN(C)CC1. The Kier molecular flexibility index (Phi) is 4.18. The molecule has 1 aliphatic rings. The summed E-state index contributed by atoms with van der Waals surface area (Å²) in [5.41, 5.74) is 0. The van der Waals surface area contributed by atoms with E-state index in [1.54, 1.807) is 0 Å². The maximum atomic E-state index is 7.73. The van der Waals surface area contributed by atoms with Gasteiger partial charge in [0.2, 0.25) is 0 Å². The molecule has 0 aliphatic carbocycles. The number of hydrogen-bond donors (Lipinski definition) is 1. The number of piperazine rings is 1.